The van der Waals surface area contributed by atoms with E-state index in [0.717, 1.165) is 31.4 Å². The van der Waals surface area contributed by atoms with E-state index in [1.54, 1.807) is 18.2 Å². The summed E-state index contributed by atoms with van der Waals surface area (Å²) >= 11 is 0. The molecule has 3 aromatic carbocycles. The number of nitriles is 1. The largest absolute Gasteiger partial charge is 0.432 e. The molecule has 0 amide bonds. The van der Waals surface area contributed by atoms with Crippen LogP contribution in [-0.2, 0) is 9.47 Å². The van der Waals surface area contributed by atoms with Crippen molar-refractivity contribution in [2.45, 2.75) is 76.6 Å². The van der Waals surface area contributed by atoms with E-state index in [2.05, 4.69) is 6.92 Å². The summed E-state index contributed by atoms with van der Waals surface area (Å²) in [6, 6.07) is 13.5. The molecular weight excluding hydrogens is 577 g/mol. The molecule has 5 rings (SSSR count). The van der Waals surface area contributed by atoms with Crippen LogP contribution >= 0.6 is 0 Å². The van der Waals surface area contributed by atoms with E-state index in [1.807, 2.05) is 0 Å². The van der Waals surface area contributed by atoms with Crippen LogP contribution in [0.2, 0.25) is 0 Å². The van der Waals surface area contributed by atoms with Gasteiger partial charge < -0.3 is 14.2 Å². The zero-order valence-electron chi connectivity index (χ0n) is 24.6. The number of rotatable bonds is 10. The van der Waals surface area contributed by atoms with Crippen molar-refractivity contribution in [1.82, 2.24) is 0 Å². The normalized spacial score (nSPS) is 22.4. The van der Waals surface area contributed by atoms with Gasteiger partial charge >= 0.3 is 6.11 Å². The van der Waals surface area contributed by atoms with Gasteiger partial charge in [-0.15, -0.1) is 0 Å². The number of unbranched alkanes of at least 4 members (excludes halogenated alkanes) is 2. The molecule has 0 atom stereocenters. The van der Waals surface area contributed by atoms with E-state index in [-0.39, 0.29) is 41.2 Å². The summed E-state index contributed by atoms with van der Waals surface area (Å²) in [5, 5.41) is 8.88. The number of hydrogen-bond donors (Lipinski definition) is 0. The van der Waals surface area contributed by atoms with Gasteiger partial charge in [0.2, 0.25) is 0 Å². The minimum absolute atomic E-state index is 0.00850. The fourth-order valence-corrected chi connectivity index (χ4v) is 6.15. The Labute approximate surface area is 254 Å². The Hall–Kier alpha value is -3.48. The minimum atomic E-state index is -3.56. The Morgan fingerprint density at radius 2 is 1.61 bits per heavy atom. The maximum absolute atomic E-state index is 15.2. The van der Waals surface area contributed by atoms with E-state index in [9.17, 15) is 8.78 Å². The van der Waals surface area contributed by atoms with Crippen molar-refractivity contribution in [3.63, 3.8) is 0 Å². The molecule has 1 aliphatic heterocycles. The van der Waals surface area contributed by atoms with Crippen molar-refractivity contribution < 1.29 is 36.2 Å². The second kappa shape index (κ2) is 14.1. The molecule has 44 heavy (non-hydrogen) atoms. The van der Waals surface area contributed by atoms with Crippen molar-refractivity contribution in [1.29, 1.82) is 5.26 Å². The molecule has 0 radical (unpaired) electrons. The second-order valence-corrected chi connectivity index (χ2v) is 11.8. The zero-order chi connectivity index (χ0) is 31.3. The molecule has 2 fully saturated rings. The van der Waals surface area contributed by atoms with Crippen LogP contribution in [0.3, 0.4) is 0 Å². The van der Waals surface area contributed by atoms with Crippen LogP contribution in [0.25, 0.3) is 11.1 Å². The van der Waals surface area contributed by atoms with Gasteiger partial charge in [0.25, 0.3) is 0 Å². The maximum atomic E-state index is 15.2. The van der Waals surface area contributed by atoms with Gasteiger partial charge in [-0.05, 0) is 79.5 Å². The lowest BCUT2D eigenvalue weighted by molar-refractivity contribution is -0.222. The quantitative estimate of drug-likeness (QED) is 0.169. The predicted octanol–water partition coefficient (Wildman–Crippen LogP) is 9.83. The number of alkyl halides is 2. The zero-order valence-corrected chi connectivity index (χ0v) is 24.6. The summed E-state index contributed by atoms with van der Waals surface area (Å²) in [5.74, 6) is -3.40. The Kier molecular flexibility index (Phi) is 10.2. The van der Waals surface area contributed by atoms with E-state index >= 15 is 13.2 Å². The molecule has 4 nitrogen and oxygen atoms in total. The van der Waals surface area contributed by atoms with Gasteiger partial charge in [0.1, 0.15) is 29.3 Å². The predicted molar refractivity (Wildman–Crippen MR) is 155 cm³/mol. The highest BCUT2D eigenvalue weighted by atomic mass is 19.3. The summed E-state index contributed by atoms with van der Waals surface area (Å²) in [6.45, 7) is 3.31. The minimum Gasteiger partial charge on any atom is -0.432 e. The summed E-state index contributed by atoms with van der Waals surface area (Å²) in [4.78, 5) is 0. The van der Waals surface area contributed by atoms with Gasteiger partial charge in [-0.1, -0.05) is 44.4 Å². The lowest BCUT2D eigenvalue weighted by atomic mass is 9.78. The van der Waals surface area contributed by atoms with Gasteiger partial charge in [0, 0.05) is 23.1 Å². The van der Waals surface area contributed by atoms with Crippen molar-refractivity contribution in [2.75, 3.05) is 13.2 Å². The molecule has 234 valence electrons. The molecule has 1 heterocycles. The molecule has 1 aliphatic carbocycles. The number of ether oxygens (including phenoxy) is 3. The highest BCUT2D eigenvalue weighted by molar-refractivity contribution is 5.66. The van der Waals surface area contributed by atoms with Crippen LogP contribution in [0.15, 0.2) is 54.6 Å². The third-order valence-corrected chi connectivity index (χ3v) is 8.72. The summed E-state index contributed by atoms with van der Waals surface area (Å²) in [6.07, 6.45) is 1.27. The van der Waals surface area contributed by atoms with E-state index in [1.165, 1.54) is 36.8 Å². The lowest BCUT2D eigenvalue weighted by Gasteiger charge is -2.34. The number of nitrogens with zero attached hydrogens (tertiary/aromatic N) is 1. The first-order valence-electron chi connectivity index (χ1n) is 15.3. The molecular formula is C35H36F5NO3. The SMILES string of the molecule is CCCCCC1COC(c2ccc(C3CCC(C(F)(F)Oc4ccc(-c5ccc(C#N)c(F)c5)c(F)c4)CC3)c(F)c2)OC1. The van der Waals surface area contributed by atoms with Crippen LogP contribution < -0.4 is 4.74 Å². The summed E-state index contributed by atoms with van der Waals surface area (Å²) in [5.41, 5.74) is 1.07. The third kappa shape index (κ3) is 7.41. The Morgan fingerprint density at radius 3 is 2.25 bits per heavy atom. The topological polar surface area (TPSA) is 51.5 Å². The Balaban J connectivity index is 1.15. The van der Waals surface area contributed by atoms with Gasteiger partial charge in [-0.2, -0.15) is 14.0 Å². The molecule has 0 aromatic heterocycles. The van der Waals surface area contributed by atoms with Crippen molar-refractivity contribution in [3.05, 3.63) is 88.7 Å². The molecule has 0 unspecified atom stereocenters. The van der Waals surface area contributed by atoms with Gasteiger partial charge in [-0.25, -0.2) is 13.2 Å². The third-order valence-electron chi connectivity index (χ3n) is 8.72. The standard InChI is InChI=1S/C35H36F5NO3/c1-2-3-4-5-22-20-42-34(43-21-22)25-10-14-29(32(37)17-25)23-8-11-27(12-9-23)35(39,40)44-28-13-15-30(33(38)18-28)24-6-7-26(19-41)31(36)16-24/h6-7,10,13-18,22-23,27,34H,2-5,8-9,11-12,20-21H2,1H3. The van der Waals surface area contributed by atoms with Crippen molar-refractivity contribution in [2.24, 2.45) is 11.8 Å². The Bertz CT molecular complexity index is 1470. The molecule has 3 aromatic rings. The molecule has 0 bridgehead atoms. The molecule has 1 saturated heterocycles. The molecule has 0 spiro atoms. The average molecular weight is 614 g/mol. The van der Waals surface area contributed by atoms with Crippen LogP contribution in [0, 0.1) is 40.6 Å². The fraction of sp³-hybridized carbons (Fsp3) is 0.457. The van der Waals surface area contributed by atoms with Crippen molar-refractivity contribution >= 4 is 0 Å². The van der Waals surface area contributed by atoms with Crippen LogP contribution in [0.4, 0.5) is 22.0 Å². The number of hydrogen-bond acceptors (Lipinski definition) is 4. The highest BCUT2D eigenvalue weighted by Gasteiger charge is 2.44. The number of halogens is 5. The Morgan fingerprint density at radius 1 is 0.864 bits per heavy atom. The van der Waals surface area contributed by atoms with E-state index in [4.69, 9.17) is 19.5 Å². The average Bonchev–Trinajstić information content (AvgIpc) is 3.01. The first-order valence-corrected chi connectivity index (χ1v) is 15.3. The molecule has 0 N–H and O–H groups in total. The summed E-state index contributed by atoms with van der Waals surface area (Å²) in [7, 11) is 0. The number of benzene rings is 3. The first-order chi connectivity index (χ1) is 21.2. The fourth-order valence-electron chi connectivity index (χ4n) is 6.15. The van der Waals surface area contributed by atoms with Gasteiger partial charge in [0.05, 0.1) is 24.7 Å². The lowest BCUT2D eigenvalue weighted by Crippen LogP contribution is -2.37. The van der Waals surface area contributed by atoms with E-state index < -0.39 is 35.8 Å². The second-order valence-electron chi connectivity index (χ2n) is 11.8. The highest BCUT2D eigenvalue weighted by Crippen LogP contribution is 2.44. The smallest absolute Gasteiger partial charge is 0.400 e. The van der Waals surface area contributed by atoms with E-state index in [0.29, 0.717) is 43.1 Å². The van der Waals surface area contributed by atoms with Crippen LogP contribution in [0.5, 0.6) is 5.75 Å². The van der Waals surface area contributed by atoms with Gasteiger partial charge in [0.15, 0.2) is 6.29 Å². The maximum Gasteiger partial charge on any atom is 0.400 e. The molecule has 9 heteroatoms. The first kappa shape index (κ1) is 31.9. The monoisotopic (exact) mass is 613 g/mol. The van der Waals surface area contributed by atoms with Crippen LogP contribution in [0.1, 0.15) is 87.2 Å². The van der Waals surface area contributed by atoms with Gasteiger partial charge in [-0.3, -0.25) is 0 Å². The summed E-state index contributed by atoms with van der Waals surface area (Å²) < 4.78 is 90.9. The molecule has 1 saturated carbocycles. The molecule has 2 aliphatic rings. The van der Waals surface area contributed by atoms with Crippen molar-refractivity contribution in [3.8, 4) is 22.9 Å². The van der Waals surface area contributed by atoms with Crippen LogP contribution in [-0.4, -0.2) is 19.3 Å².